The second kappa shape index (κ2) is 7.13. The molecule has 1 N–H and O–H groups in total. The van der Waals surface area contributed by atoms with Gasteiger partial charge in [0.05, 0.1) is 11.3 Å². The summed E-state index contributed by atoms with van der Waals surface area (Å²) >= 11 is 1.65. The van der Waals surface area contributed by atoms with Gasteiger partial charge < -0.3 is 9.88 Å². The van der Waals surface area contributed by atoms with Crippen molar-refractivity contribution >= 4 is 17.7 Å². The summed E-state index contributed by atoms with van der Waals surface area (Å²) in [6.45, 7) is 7.68. The lowest BCUT2D eigenvalue weighted by molar-refractivity contribution is -0.133. The number of nitrogens with zero attached hydrogens (tertiary/aromatic N) is 3. The van der Waals surface area contributed by atoms with E-state index < -0.39 is 0 Å². The summed E-state index contributed by atoms with van der Waals surface area (Å²) in [7, 11) is 0. The topological polar surface area (TPSA) is 52.2 Å². The Morgan fingerprint density at radius 3 is 2.90 bits per heavy atom. The van der Waals surface area contributed by atoms with Crippen LogP contribution in [0, 0.1) is 0 Å². The highest BCUT2D eigenvalue weighted by molar-refractivity contribution is 7.99. The molecule has 2 heterocycles. The second-order valence-corrected chi connectivity index (χ2v) is 6.08. The number of amides is 1. The lowest BCUT2D eigenvalue weighted by Crippen LogP contribution is -2.52. The molecular weight excluding hydrogens is 272 g/mol. The van der Waals surface area contributed by atoms with Crippen LogP contribution in [0.3, 0.4) is 0 Å². The van der Waals surface area contributed by atoms with Gasteiger partial charge in [-0.15, -0.1) is 0 Å². The Kier molecular flexibility index (Phi) is 5.48. The van der Waals surface area contributed by atoms with E-state index in [-0.39, 0.29) is 17.2 Å². The fourth-order valence-corrected chi connectivity index (χ4v) is 3.45. The molecule has 20 heavy (non-hydrogen) atoms. The molecule has 1 aliphatic heterocycles. The Hall–Kier alpha value is -1.01. The third-order valence-corrected chi connectivity index (χ3v) is 5.08. The van der Waals surface area contributed by atoms with Gasteiger partial charge in [-0.2, -0.15) is 11.8 Å². The number of thioether (sulfide) groups is 1. The van der Waals surface area contributed by atoms with Crippen molar-refractivity contribution in [1.29, 1.82) is 0 Å². The Balaban J connectivity index is 2.10. The SMILES string of the molecule is CC[C@H](SC)C(=O)N1CCN(CC)[C@@H](c2ncc[nH]2)C1. The van der Waals surface area contributed by atoms with Gasteiger partial charge in [-0.1, -0.05) is 13.8 Å². The Bertz CT molecular complexity index is 419. The number of carbonyl (C=O) groups is 1. The molecule has 5 nitrogen and oxygen atoms in total. The van der Waals surface area contributed by atoms with Crippen molar-refractivity contribution in [1.82, 2.24) is 19.8 Å². The van der Waals surface area contributed by atoms with Crippen LogP contribution in [-0.4, -0.2) is 63.4 Å². The number of likely N-dealkylation sites (N-methyl/N-ethyl adjacent to an activating group) is 1. The molecule has 2 atom stereocenters. The summed E-state index contributed by atoms with van der Waals surface area (Å²) in [5.74, 6) is 1.23. The molecule has 0 unspecified atom stereocenters. The largest absolute Gasteiger partial charge is 0.347 e. The quantitative estimate of drug-likeness (QED) is 0.899. The molecule has 1 aromatic heterocycles. The number of aromatic amines is 1. The molecule has 1 amide bonds. The number of H-pyrrole nitrogens is 1. The first kappa shape index (κ1) is 15.4. The smallest absolute Gasteiger partial charge is 0.235 e. The molecule has 2 rings (SSSR count). The highest BCUT2D eigenvalue weighted by Crippen LogP contribution is 2.24. The van der Waals surface area contributed by atoms with Crippen LogP contribution < -0.4 is 0 Å². The van der Waals surface area contributed by atoms with Gasteiger partial charge in [-0.3, -0.25) is 9.69 Å². The van der Waals surface area contributed by atoms with Crippen molar-refractivity contribution in [2.24, 2.45) is 0 Å². The fraction of sp³-hybridized carbons (Fsp3) is 0.714. The van der Waals surface area contributed by atoms with E-state index in [0.29, 0.717) is 0 Å². The molecule has 1 aliphatic rings. The maximum Gasteiger partial charge on any atom is 0.235 e. The first-order chi connectivity index (χ1) is 9.71. The number of carbonyl (C=O) groups excluding carboxylic acids is 1. The summed E-state index contributed by atoms with van der Waals surface area (Å²) in [5.41, 5.74) is 0. The molecule has 0 radical (unpaired) electrons. The van der Waals surface area contributed by atoms with Gasteiger partial charge >= 0.3 is 0 Å². The predicted molar refractivity (Wildman–Crippen MR) is 82.7 cm³/mol. The molecule has 0 spiro atoms. The molecule has 1 saturated heterocycles. The van der Waals surface area contributed by atoms with E-state index in [1.165, 1.54) is 0 Å². The van der Waals surface area contributed by atoms with E-state index in [4.69, 9.17) is 0 Å². The third-order valence-electron chi connectivity index (χ3n) is 3.97. The standard InChI is InChI=1S/C14H24N4OS/c1-4-12(20-3)14(19)18-9-8-17(5-2)11(10-18)13-15-6-7-16-13/h6-7,11-12H,4-5,8-10H2,1-3H3,(H,15,16)/t11-,12+/m1/s1. The number of rotatable bonds is 5. The average molecular weight is 296 g/mol. The van der Waals surface area contributed by atoms with Gasteiger partial charge in [0.2, 0.25) is 5.91 Å². The summed E-state index contributed by atoms with van der Waals surface area (Å²) in [6, 6.07) is 0.187. The van der Waals surface area contributed by atoms with E-state index >= 15 is 0 Å². The zero-order chi connectivity index (χ0) is 14.5. The van der Waals surface area contributed by atoms with Crippen molar-refractivity contribution in [3.8, 4) is 0 Å². The van der Waals surface area contributed by atoms with Crippen molar-refractivity contribution in [2.75, 3.05) is 32.4 Å². The summed E-state index contributed by atoms with van der Waals surface area (Å²) in [6.07, 6.45) is 6.53. The minimum absolute atomic E-state index is 0.0837. The maximum absolute atomic E-state index is 12.5. The zero-order valence-corrected chi connectivity index (χ0v) is 13.3. The summed E-state index contributed by atoms with van der Waals surface area (Å²) in [5, 5.41) is 0.0837. The van der Waals surface area contributed by atoms with Crippen molar-refractivity contribution in [2.45, 2.75) is 31.6 Å². The molecule has 0 aliphatic carbocycles. The first-order valence-electron chi connectivity index (χ1n) is 7.26. The van der Waals surface area contributed by atoms with Gasteiger partial charge in [-0.25, -0.2) is 4.98 Å². The van der Waals surface area contributed by atoms with Crippen molar-refractivity contribution < 1.29 is 4.79 Å². The zero-order valence-electron chi connectivity index (χ0n) is 12.5. The predicted octanol–water partition coefficient (Wildman–Crippen LogP) is 1.76. The lowest BCUT2D eigenvalue weighted by atomic mass is 10.1. The van der Waals surface area contributed by atoms with Crippen LogP contribution in [0.25, 0.3) is 0 Å². The van der Waals surface area contributed by atoms with Crippen molar-refractivity contribution in [3.63, 3.8) is 0 Å². The normalized spacial score (nSPS) is 21.9. The molecular formula is C14H24N4OS. The minimum atomic E-state index is 0.0837. The number of hydrogen-bond acceptors (Lipinski definition) is 4. The molecule has 6 heteroatoms. The lowest BCUT2D eigenvalue weighted by Gasteiger charge is -2.41. The summed E-state index contributed by atoms with van der Waals surface area (Å²) < 4.78 is 0. The highest BCUT2D eigenvalue weighted by Gasteiger charge is 2.33. The highest BCUT2D eigenvalue weighted by atomic mass is 32.2. The average Bonchev–Trinajstić information content (AvgIpc) is 3.01. The van der Waals surface area contributed by atoms with Crippen molar-refractivity contribution in [3.05, 3.63) is 18.2 Å². The van der Waals surface area contributed by atoms with E-state index in [9.17, 15) is 4.79 Å². The van der Waals surface area contributed by atoms with E-state index in [0.717, 1.165) is 38.4 Å². The van der Waals surface area contributed by atoms with Gasteiger partial charge in [-0.05, 0) is 19.2 Å². The molecule has 1 fully saturated rings. The maximum atomic E-state index is 12.5. The third kappa shape index (κ3) is 3.17. The molecule has 1 aromatic rings. The minimum Gasteiger partial charge on any atom is -0.347 e. The van der Waals surface area contributed by atoms with Crippen LogP contribution in [0.5, 0.6) is 0 Å². The van der Waals surface area contributed by atoms with E-state index in [1.54, 1.807) is 18.0 Å². The number of aromatic nitrogens is 2. The summed E-state index contributed by atoms with van der Waals surface area (Å²) in [4.78, 5) is 24.5. The van der Waals surface area contributed by atoms with E-state index in [2.05, 4.69) is 28.7 Å². The monoisotopic (exact) mass is 296 g/mol. The van der Waals surface area contributed by atoms with Crippen LogP contribution in [0.4, 0.5) is 0 Å². The van der Waals surface area contributed by atoms with Crippen LogP contribution in [0.2, 0.25) is 0 Å². The Morgan fingerprint density at radius 2 is 2.35 bits per heavy atom. The molecule has 112 valence electrons. The van der Waals surface area contributed by atoms with E-state index in [1.807, 2.05) is 17.4 Å². The number of hydrogen-bond donors (Lipinski definition) is 1. The fourth-order valence-electron chi connectivity index (χ4n) is 2.76. The number of piperazine rings is 1. The van der Waals surface area contributed by atoms with Crippen LogP contribution >= 0.6 is 11.8 Å². The second-order valence-electron chi connectivity index (χ2n) is 5.04. The van der Waals surface area contributed by atoms with Crippen LogP contribution in [0.1, 0.15) is 32.1 Å². The van der Waals surface area contributed by atoms with Gasteiger partial charge in [0, 0.05) is 32.0 Å². The van der Waals surface area contributed by atoms with Gasteiger partial charge in [0.1, 0.15) is 5.82 Å². The first-order valence-corrected chi connectivity index (χ1v) is 8.54. The number of nitrogens with one attached hydrogen (secondary N) is 1. The van der Waals surface area contributed by atoms with Gasteiger partial charge in [0.15, 0.2) is 0 Å². The molecule has 0 aromatic carbocycles. The van der Waals surface area contributed by atoms with Gasteiger partial charge in [0.25, 0.3) is 0 Å². The van der Waals surface area contributed by atoms with Crippen LogP contribution in [-0.2, 0) is 4.79 Å². The Morgan fingerprint density at radius 1 is 1.55 bits per heavy atom. The molecule has 0 bridgehead atoms. The molecule has 0 saturated carbocycles. The van der Waals surface area contributed by atoms with Crippen LogP contribution in [0.15, 0.2) is 12.4 Å². The number of imidazole rings is 1. The Labute approximate surface area is 125 Å².